The quantitative estimate of drug-likeness (QED) is 0.0684. The third kappa shape index (κ3) is 9.21. The van der Waals surface area contributed by atoms with Gasteiger partial charge in [-0.25, -0.2) is 9.97 Å². The molecule has 64 heavy (non-hydrogen) atoms. The molecule has 0 saturated heterocycles. The van der Waals surface area contributed by atoms with Gasteiger partial charge in [0.25, 0.3) is 0 Å². The zero-order chi connectivity index (χ0) is 43.8. The smallest absolute Gasteiger partial charge is 0.303 e. The molecule has 318 valence electrons. The van der Waals surface area contributed by atoms with Crippen molar-refractivity contribution in [3.63, 3.8) is 0 Å². The van der Waals surface area contributed by atoms with Gasteiger partial charge in [0.15, 0.2) is 0 Å². The maximum absolute atomic E-state index is 11.0. The summed E-state index contributed by atoms with van der Waals surface area (Å²) in [6, 6.07) is 32.1. The summed E-state index contributed by atoms with van der Waals surface area (Å²) in [5, 5.41) is 18.0. The van der Waals surface area contributed by atoms with Crippen LogP contribution < -0.4 is 9.47 Å². The normalized spacial score (nSPS) is 11.8. The van der Waals surface area contributed by atoms with E-state index in [1.807, 2.05) is 97.1 Å². The number of benzene rings is 2. The van der Waals surface area contributed by atoms with Gasteiger partial charge >= 0.3 is 11.9 Å². The summed E-state index contributed by atoms with van der Waals surface area (Å²) in [6.45, 7) is 0.842. The SMILES string of the molecule is O=C(O)CCCCOc1ccc(-c2c3nc(c(-c4ccncc4)c4nc(c(-c5ccncc5)c5ccc([nH]5)c(-c5ccc(OCCCCC(=O)O)cc5)c5ccc2[nH]5)C=C4)C=C3)cc1. The molecule has 2 aromatic carbocycles. The Labute approximate surface area is 368 Å². The molecule has 4 N–H and O–H groups in total. The monoisotopic (exact) mass is 848 g/mol. The number of nitrogens with zero attached hydrogens (tertiary/aromatic N) is 4. The summed E-state index contributed by atoms with van der Waals surface area (Å²) in [5.41, 5.74) is 13.9. The van der Waals surface area contributed by atoms with Gasteiger partial charge in [0.1, 0.15) is 11.5 Å². The van der Waals surface area contributed by atoms with Crippen molar-refractivity contribution < 1.29 is 29.3 Å². The van der Waals surface area contributed by atoms with Gasteiger partial charge in [-0.3, -0.25) is 19.6 Å². The van der Waals surface area contributed by atoms with Gasteiger partial charge in [-0.15, -0.1) is 0 Å². The molecule has 0 atom stereocenters. The van der Waals surface area contributed by atoms with Crippen molar-refractivity contribution in [2.24, 2.45) is 0 Å². The second-order valence-corrected chi connectivity index (χ2v) is 15.4. The number of hydrogen-bond donors (Lipinski definition) is 4. The number of hydrogen-bond acceptors (Lipinski definition) is 8. The predicted molar refractivity (Wildman–Crippen MR) is 250 cm³/mol. The Morgan fingerprint density at radius 2 is 0.766 bits per heavy atom. The second kappa shape index (κ2) is 18.9. The van der Waals surface area contributed by atoms with Crippen LogP contribution in [-0.4, -0.2) is 65.3 Å². The van der Waals surface area contributed by atoms with Crippen LogP contribution in [-0.2, 0) is 9.59 Å². The highest BCUT2D eigenvalue weighted by molar-refractivity contribution is 6.00. The summed E-state index contributed by atoms with van der Waals surface area (Å²) in [6.07, 6.45) is 17.9. The van der Waals surface area contributed by atoms with E-state index in [1.165, 1.54) is 0 Å². The molecule has 0 spiro atoms. The van der Waals surface area contributed by atoms with Crippen molar-refractivity contribution in [3.8, 4) is 56.0 Å². The van der Waals surface area contributed by atoms with Crippen LogP contribution in [0.2, 0.25) is 0 Å². The van der Waals surface area contributed by atoms with Gasteiger partial charge in [-0.2, -0.15) is 0 Å². The molecule has 0 amide bonds. The molecule has 12 nitrogen and oxygen atoms in total. The molecule has 2 aliphatic rings. The fourth-order valence-electron chi connectivity index (χ4n) is 8.03. The number of ether oxygens (including phenoxy) is 2. The third-order valence-corrected chi connectivity index (χ3v) is 11.1. The van der Waals surface area contributed by atoms with Crippen molar-refractivity contribution >= 4 is 58.3 Å². The Kier molecular flexibility index (Phi) is 12.2. The first-order valence-electron chi connectivity index (χ1n) is 21.2. The number of carboxylic acid groups (broad SMARTS) is 2. The van der Waals surface area contributed by atoms with Crippen molar-refractivity contribution in [2.45, 2.75) is 38.5 Å². The average Bonchev–Trinajstić information content (AvgIpc) is 4.16. The van der Waals surface area contributed by atoms with Crippen LogP contribution in [0, 0.1) is 0 Å². The van der Waals surface area contributed by atoms with E-state index in [2.05, 4.69) is 44.2 Å². The summed E-state index contributed by atoms with van der Waals surface area (Å²) < 4.78 is 12.0. The zero-order valence-corrected chi connectivity index (χ0v) is 34.8. The largest absolute Gasteiger partial charge is 0.494 e. The molecule has 2 aliphatic heterocycles. The Bertz CT molecular complexity index is 3050. The zero-order valence-electron chi connectivity index (χ0n) is 34.8. The van der Waals surface area contributed by atoms with Crippen molar-refractivity contribution in [1.29, 1.82) is 0 Å². The lowest BCUT2D eigenvalue weighted by Crippen LogP contribution is -2.00. The Hall–Kier alpha value is -8.12. The van der Waals surface area contributed by atoms with E-state index >= 15 is 0 Å². The standard InChI is InChI=1S/C52H44N6O6/c59-47(60)5-1-3-31-63-37-11-7-33(8-12-37)49-39-15-16-40(55-39)50(34-9-13-38(14-10-34)64-32-4-2-6-48(61)62)42-18-20-44(57-42)52(36-25-29-54-30-26-36)46-22-21-45(58-46)51(35-23-27-53-28-24-35)43-19-17-41(49)56-43/h7-30,55-56H,1-6,31-32H2,(H,59,60)(H,61,62). The minimum atomic E-state index is -0.810. The van der Waals surface area contributed by atoms with Crippen molar-refractivity contribution in [2.75, 3.05) is 13.2 Å². The van der Waals surface area contributed by atoms with Crippen molar-refractivity contribution in [3.05, 3.63) is 145 Å². The lowest BCUT2D eigenvalue weighted by Gasteiger charge is -2.09. The predicted octanol–water partition coefficient (Wildman–Crippen LogP) is 11.4. The molecule has 5 aromatic heterocycles. The second-order valence-electron chi connectivity index (χ2n) is 15.4. The van der Waals surface area contributed by atoms with Crippen molar-refractivity contribution in [1.82, 2.24) is 29.9 Å². The first kappa shape index (κ1) is 41.2. The van der Waals surface area contributed by atoms with Crippen LogP contribution >= 0.6 is 0 Å². The minimum absolute atomic E-state index is 0.114. The number of pyridine rings is 2. The van der Waals surface area contributed by atoms with Gasteiger partial charge in [-0.1, -0.05) is 24.3 Å². The van der Waals surface area contributed by atoms with Gasteiger partial charge in [-0.05, 0) is 145 Å². The first-order valence-corrected chi connectivity index (χ1v) is 21.2. The molecule has 0 fully saturated rings. The molecular formula is C52H44N6O6. The number of carbonyl (C=O) groups is 2. The van der Waals surface area contributed by atoms with E-state index in [1.54, 1.807) is 24.8 Å². The fourth-order valence-corrected chi connectivity index (χ4v) is 8.03. The van der Waals surface area contributed by atoms with Crippen LogP contribution in [0.3, 0.4) is 0 Å². The molecule has 7 heterocycles. The number of carboxylic acids is 2. The van der Waals surface area contributed by atoms with Crippen LogP contribution in [0.15, 0.2) is 122 Å². The Morgan fingerprint density at radius 1 is 0.422 bits per heavy atom. The topological polar surface area (TPSA) is 176 Å². The van der Waals surface area contributed by atoms with E-state index in [0.29, 0.717) is 50.4 Å². The van der Waals surface area contributed by atoms with E-state index in [4.69, 9.17) is 29.7 Å². The highest BCUT2D eigenvalue weighted by atomic mass is 16.5. The van der Waals surface area contributed by atoms with E-state index in [-0.39, 0.29) is 12.8 Å². The van der Waals surface area contributed by atoms with E-state index < -0.39 is 11.9 Å². The number of fused-ring (bicyclic) bond motifs is 8. The Morgan fingerprint density at radius 3 is 1.17 bits per heavy atom. The summed E-state index contributed by atoms with van der Waals surface area (Å²) in [5.74, 6) is -0.230. The number of aliphatic carboxylic acids is 2. The molecule has 0 aliphatic carbocycles. The van der Waals surface area contributed by atoms with E-state index in [9.17, 15) is 9.59 Å². The molecule has 12 heteroatoms. The number of nitrogens with one attached hydrogen (secondary N) is 2. The number of aromatic amines is 2. The lowest BCUT2D eigenvalue weighted by molar-refractivity contribution is -0.138. The van der Waals surface area contributed by atoms with Crippen LogP contribution in [0.1, 0.15) is 61.3 Å². The number of unbranched alkanes of at least 4 members (excludes halogenated alkanes) is 2. The van der Waals surface area contributed by atoms with E-state index in [0.717, 1.165) is 89.4 Å². The maximum Gasteiger partial charge on any atom is 0.303 e. The highest BCUT2D eigenvalue weighted by Crippen LogP contribution is 2.39. The van der Waals surface area contributed by atoms with Gasteiger partial charge in [0.05, 0.1) is 36.0 Å². The maximum atomic E-state index is 11.0. The molecular weight excluding hydrogens is 805 g/mol. The molecule has 0 radical (unpaired) electrons. The van der Waals surface area contributed by atoms with Crippen LogP contribution in [0.25, 0.3) is 90.9 Å². The highest BCUT2D eigenvalue weighted by Gasteiger charge is 2.20. The van der Waals surface area contributed by atoms with Gasteiger partial charge < -0.3 is 29.7 Å². The average molecular weight is 849 g/mol. The van der Waals surface area contributed by atoms with Crippen LogP contribution in [0.5, 0.6) is 11.5 Å². The summed E-state index contributed by atoms with van der Waals surface area (Å²) in [4.78, 5) is 48.8. The Balaban J connectivity index is 1.25. The molecule has 0 saturated carbocycles. The number of aromatic nitrogens is 6. The lowest BCUT2D eigenvalue weighted by atomic mass is 10.0. The first-order chi connectivity index (χ1) is 31.4. The molecule has 7 aromatic rings. The fraction of sp³-hybridized carbons (Fsp3) is 0.154. The number of rotatable bonds is 16. The van der Waals surface area contributed by atoms with Gasteiger partial charge in [0.2, 0.25) is 0 Å². The molecule has 0 unspecified atom stereocenters. The minimum Gasteiger partial charge on any atom is -0.494 e. The molecule has 9 rings (SSSR count). The van der Waals surface area contributed by atoms with Gasteiger partial charge in [0, 0.05) is 81.9 Å². The van der Waals surface area contributed by atoms with Crippen LogP contribution in [0.4, 0.5) is 0 Å². The number of H-pyrrole nitrogens is 2. The third-order valence-electron chi connectivity index (χ3n) is 11.1. The summed E-state index contributed by atoms with van der Waals surface area (Å²) in [7, 11) is 0. The molecule has 8 bridgehead atoms. The summed E-state index contributed by atoms with van der Waals surface area (Å²) >= 11 is 0.